The molecule has 1 heterocycles. The van der Waals surface area contributed by atoms with E-state index >= 15 is 0 Å². The zero-order valence-electron chi connectivity index (χ0n) is 8.96. The third-order valence-corrected chi connectivity index (χ3v) is 1.81. The zero-order chi connectivity index (χ0) is 10.7. The molecule has 14 heavy (non-hydrogen) atoms. The molecule has 0 aliphatic heterocycles. The Morgan fingerprint density at radius 2 is 2.00 bits per heavy atom. The average molecular weight is 196 g/mol. The maximum atomic E-state index is 11.3. The minimum atomic E-state index is -0.0701. The predicted molar refractivity (Wildman–Crippen MR) is 53.9 cm³/mol. The van der Waals surface area contributed by atoms with E-state index in [0.717, 1.165) is 5.82 Å². The van der Waals surface area contributed by atoms with Gasteiger partial charge in [0.2, 0.25) is 11.9 Å². The van der Waals surface area contributed by atoms with Crippen LogP contribution in [0, 0.1) is 5.92 Å². The van der Waals surface area contributed by atoms with Crippen LogP contribution in [0.25, 0.3) is 0 Å². The molecule has 0 fully saturated rings. The fourth-order valence-corrected chi connectivity index (χ4v) is 0.843. The predicted octanol–water partition coefficient (Wildman–Crippen LogP) is 1.52. The molecule has 2 N–H and O–H groups in total. The Bertz CT molecular complexity index is 316. The van der Waals surface area contributed by atoms with Gasteiger partial charge in [0, 0.05) is 11.8 Å². The third-order valence-electron chi connectivity index (χ3n) is 1.81. The van der Waals surface area contributed by atoms with Crippen LogP contribution in [0.5, 0.6) is 0 Å². The summed E-state index contributed by atoms with van der Waals surface area (Å²) in [7, 11) is 0. The molecule has 0 aromatic carbocycles. The van der Waals surface area contributed by atoms with Crippen molar-refractivity contribution in [2.75, 3.05) is 5.32 Å². The number of aromatic nitrogens is 3. The number of hydrogen-bond acceptors (Lipinski definition) is 3. The first kappa shape index (κ1) is 10.7. The lowest BCUT2D eigenvalue weighted by Gasteiger charge is -2.02. The van der Waals surface area contributed by atoms with Crippen molar-refractivity contribution in [2.45, 2.75) is 33.6 Å². The minimum Gasteiger partial charge on any atom is -0.293 e. The number of nitrogens with one attached hydrogen (secondary N) is 2. The molecule has 0 saturated carbocycles. The minimum absolute atomic E-state index is 0.0593. The number of H-pyrrole nitrogens is 1. The van der Waals surface area contributed by atoms with Gasteiger partial charge < -0.3 is 0 Å². The maximum Gasteiger partial charge on any atom is 0.248 e. The van der Waals surface area contributed by atoms with Crippen molar-refractivity contribution in [2.24, 2.45) is 5.92 Å². The van der Waals surface area contributed by atoms with Crippen LogP contribution in [0.2, 0.25) is 0 Å². The molecule has 1 amide bonds. The largest absolute Gasteiger partial charge is 0.293 e. The summed E-state index contributed by atoms with van der Waals surface area (Å²) in [6.07, 6.45) is 0. The van der Waals surface area contributed by atoms with Crippen LogP contribution >= 0.6 is 0 Å². The highest BCUT2D eigenvalue weighted by atomic mass is 16.2. The van der Waals surface area contributed by atoms with Gasteiger partial charge in [0.1, 0.15) is 5.82 Å². The van der Waals surface area contributed by atoms with E-state index in [0.29, 0.717) is 5.95 Å². The summed E-state index contributed by atoms with van der Waals surface area (Å²) in [5.74, 6) is 1.29. The van der Waals surface area contributed by atoms with Gasteiger partial charge in [0.25, 0.3) is 0 Å². The van der Waals surface area contributed by atoms with E-state index in [4.69, 9.17) is 0 Å². The summed E-state index contributed by atoms with van der Waals surface area (Å²) in [6.45, 7) is 7.67. The normalized spacial score (nSPS) is 11.0. The van der Waals surface area contributed by atoms with Gasteiger partial charge in [-0.05, 0) is 0 Å². The number of anilines is 1. The molecule has 0 aliphatic carbocycles. The molecule has 0 saturated heterocycles. The summed E-state index contributed by atoms with van der Waals surface area (Å²) in [4.78, 5) is 15.4. The Balaban J connectivity index is 2.64. The van der Waals surface area contributed by atoms with Crippen molar-refractivity contribution in [1.29, 1.82) is 0 Å². The number of aromatic amines is 1. The lowest BCUT2D eigenvalue weighted by molar-refractivity contribution is -0.118. The van der Waals surface area contributed by atoms with E-state index in [1.165, 1.54) is 0 Å². The molecule has 5 nitrogen and oxygen atoms in total. The quantitative estimate of drug-likeness (QED) is 0.770. The molecular formula is C9H16N4O. The maximum absolute atomic E-state index is 11.3. The Morgan fingerprint density at radius 1 is 1.36 bits per heavy atom. The van der Waals surface area contributed by atoms with Crippen LogP contribution in [-0.2, 0) is 4.79 Å². The second kappa shape index (κ2) is 4.21. The van der Waals surface area contributed by atoms with Crippen LogP contribution in [-0.4, -0.2) is 21.1 Å². The summed E-state index contributed by atoms with van der Waals surface area (Å²) in [5.41, 5.74) is 0. The highest BCUT2D eigenvalue weighted by Crippen LogP contribution is 2.10. The van der Waals surface area contributed by atoms with Crippen molar-refractivity contribution in [1.82, 2.24) is 15.2 Å². The van der Waals surface area contributed by atoms with Crippen molar-refractivity contribution in [3.8, 4) is 0 Å². The van der Waals surface area contributed by atoms with Gasteiger partial charge in [-0.3, -0.25) is 15.2 Å². The molecule has 0 radical (unpaired) electrons. The highest BCUT2D eigenvalue weighted by Gasteiger charge is 2.11. The first-order valence-corrected chi connectivity index (χ1v) is 4.74. The summed E-state index contributed by atoms with van der Waals surface area (Å²) in [5, 5.41) is 9.29. The topological polar surface area (TPSA) is 70.7 Å². The second-order valence-electron chi connectivity index (χ2n) is 3.84. The van der Waals surface area contributed by atoms with Gasteiger partial charge in [-0.15, -0.1) is 5.10 Å². The van der Waals surface area contributed by atoms with E-state index in [9.17, 15) is 4.79 Å². The SMILES string of the molecule is CC(C)C(=O)Nc1n[nH]c(C(C)C)n1. The van der Waals surface area contributed by atoms with E-state index < -0.39 is 0 Å². The highest BCUT2D eigenvalue weighted by molar-refractivity contribution is 5.90. The van der Waals surface area contributed by atoms with Gasteiger partial charge in [0.15, 0.2) is 0 Å². The second-order valence-corrected chi connectivity index (χ2v) is 3.84. The fraction of sp³-hybridized carbons (Fsp3) is 0.667. The molecule has 0 atom stereocenters. The molecule has 0 bridgehead atoms. The van der Waals surface area contributed by atoms with Crippen molar-refractivity contribution in [3.05, 3.63) is 5.82 Å². The van der Waals surface area contributed by atoms with Crippen LogP contribution < -0.4 is 5.32 Å². The van der Waals surface area contributed by atoms with E-state index in [1.807, 2.05) is 27.7 Å². The number of hydrogen-bond donors (Lipinski definition) is 2. The molecular weight excluding hydrogens is 180 g/mol. The van der Waals surface area contributed by atoms with Crippen molar-refractivity contribution >= 4 is 11.9 Å². The van der Waals surface area contributed by atoms with Crippen LogP contribution in [0.1, 0.15) is 39.4 Å². The molecule has 5 heteroatoms. The molecule has 1 aromatic heterocycles. The monoisotopic (exact) mass is 196 g/mol. The summed E-state index contributed by atoms with van der Waals surface area (Å²) >= 11 is 0. The van der Waals surface area contributed by atoms with Gasteiger partial charge in [-0.2, -0.15) is 4.98 Å². The number of rotatable bonds is 3. The van der Waals surface area contributed by atoms with Gasteiger partial charge >= 0.3 is 0 Å². The Hall–Kier alpha value is -1.39. The first-order chi connectivity index (χ1) is 6.50. The van der Waals surface area contributed by atoms with Crippen LogP contribution in [0.3, 0.4) is 0 Å². The number of carbonyl (C=O) groups excluding carboxylic acids is 1. The number of nitrogens with zero attached hydrogens (tertiary/aromatic N) is 2. The van der Waals surface area contributed by atoms with E-state index in [1.54, 1.807) is 0 Å². The van der Waals surface area contributed by atoms with Gasteiger partial charge in [-0.25, -0.2) is 0 Å². The molecule has 0 aliphatic rings. The van der Waals surface area contributed by atoms with Crippen LogP contribution in [0.15, 0.2) is 0 Å². The lowest BCUT2D eigenvalue weighted by atomic mass is 10.2. The number of amides is 1. The summed E-state index contributed by atoms with van der Waals surface area (Å²) < 4.78 is 0. The number of carbonyl (C=O) groups is 1. The van der Waals surface area contributed by atoms with Crippen molar-refractivity contribution < 1.29 is 4.79 Å². The Morgan fingerprint density at radius 3 is 2.43 bits per heavy atom. The van der Waals surface area contributed by atoms with E-state index in [2.05, 4.69) is 20.5 Å². The van der Waals surface area contributed by atoms with Crippen LogP contribution in [0.4, 0.5) is 5.95 Å². The lowest BCUT2D eigenvalue weighted by Crippen LogP contribution is -2.18. The Kier molecular flexibility index (Phi) is 3.22. The molecule has 0 unspecified atom stereocenters. The van der Waals surface area contributed by atoms with Crippen molar-refractivity contribution in [3.63, 3.8) is 0 Å². The Labute approximate surface area is 83.3 Å². The smallest absolute Gasteiger partial charge is 0.248 e. The van der Waals surface area contributed by atoms with Gasteiger partial charge in [0.05, 0.1) is 0 Å². The molecule has 1 rings (SSSR count). The molecule has 0 spiro atoms. The third kappa shape index (κ3) is 2.55. The summed E-state index contributed by atoms with van der Waals surface area (Å²) in [6, 6.07) is 0. The standard InChI is InChI=1S/C9H16N4O/c1-5(2)7-10-9(13-12-7)11-8(14)6(3)4/h5-6H,1-4H3,(H2,10,11,12,13,14). The first-order valence-electron chi connectivity index (χ1n) is 4.74. The molecule has 1 aromatic rings. The van der Waals surface area contributed by atoms with E-state index in [-0.39, 0.29) is 17.7 Å². The fourth-order valence-electron chi connectivity index (χ4n) is 0.843. The molecule has 78 valence electrons. The average Bonchev–Trinajstić information content (AvgIpc) is 2.52. The zero-order valence-corrected chi connectivity index (χ0v) is 8.96. The van der Waals surface area contributed by atoms with Gasteiger partial charge in [-0.1, -0.05) is 27.7 Å².